The van der Waals surface area contributed by atoms with Crippen molar-refractivity contribution in [2.24, 2.45) is 0 Å². The lowest BCUT2D eigenvalue weighted by molar-refractivity contribution is -0.139. The minimum atomic E-state index is -0.344. The van der Waals surface area contributed by atoms with E-state index in [1.165, 1.54) is 6.08 Å². The Labute approximate surface area is 89.0 Å². The van der Waals surface area contributed by atoms with Crippen LogP contribution in [-0.2, 0) is 22.7 Å². The second kappa shape index (κ2) is 5.98. The van der Waals surface area contributed by atoms with Crippen LogP contribution < -0.4 is 0 Å². The van der Waals surface area contributed by atoms with E-state index in [4.69, 9.17) is 9.84 Å². The number of benzene rings is 1. The molecule has 0 aliphatic rings. The lowest BCUT2D eigenvalue weighted by Crippen LogP contribution is -2.00. The van der Waals surface area contributed by atoms with Crippen LogP contribution in [-0.4, -0.2) is 11.1 Å². The van der Waals surface area contributed by atoms with Gasteiger partial charge in [-0.3, -0.25) is 0 Å². The van der Waals surface area contributed by atoms with Crippen LogP contribution in [0.1, 0.15) is 18.1 Å². The van der Waals surface area contributed by atoms with Gasteiger partial charge in [0.25, 0.3) is 0 Å². The van der Waals surface area contributed by atoms with Crippen molar-refractivity contribution < 1.29 is 14.6 Å². The standard InChI is InChI=1S/C12H14O3/c1-2-3-12(14)15-9-11-6-4-10(8-13)5-7-11/h2-7,13H,8-9H2,1H3. The SMILES string of the molecule is CC=CC(=O)OCc1ccc(CO)cc1. The van der Waals surface area contributed by atoms with Gasteiger partial charge in [-0.2, -0.15) is 0 Å². The molecular weight excluding hydrogens is 192 g/mol. The van der Waals surface area contributed by atoms with Crippen molar-refractivity contribution in [2.45, 2.75) is 20.1 Å². The molecule has 1 N–H and O–H groups in total. The first-order valence-corrected chi connectivity index (χ1v) is 4.74. The van der Waals surface area contributed by atoms with Gasteiger partial charge in [0, 0.05) is 6.08 Å². The van der Waals surface area contributed by atoms with Crippen LogP contribution in [0.3, 0.4) is 0 Å². The minimum absolute atomic E-state index is 0.0264. The fourth-order valence-electron chi connectivity index (χ4n) is 1.08. The first-order chi connectivity index (χ1) is 7.26. The summed E-state index contributed by atoms with van der Waals surface area (Å²) in [5, 5.41) is 8.82. The Bertz CT molecular complexity index is 338. The number of rotatable bonds is 4. The molecule has 80 valence electrons. The predicted molar refractivity (Wildman–Crippen MR) is 57.0 cm³/mol. The average Bonchev–Trinajstić information content (AvgIpc) is 2.27. The summed E-state index contributed by atoms with van der Waals surface area (Å²) in [6.45, 7) is 2.05. The molecule has 3 heteroatoms. The number of carbonyl (C=O) groups is 1. The highest BCUT2D eigenvalue weighted by Crippen LogP contribution is 2.05. The van der Waals surface area contributed by atoms with E-state index in [1.54, 1.807) is 25.1 Å². The maximum absolute atomic E-state index is 11.0. The van der Waals surface area contributed by atoms with Crippen LogP contribution in [0.4, 0.5) is 0 Å². The van der Waals surface area contributed by atoms with Crippen molar-refractivity contribution in [1.29, 1.82) is 0 Å². The van der Waals surface area contributed by atoms with Crippen molar-refractivity contribution >= 4 is 5.97 Å². The number of ether oxygens (including phenoxy) is 1. The Hall–Kier alpha value is -1.61. The number of esters is 1. The normalized spacial score (nSPS) is 10.5. The third-order valence-electron chi connectivity index (χ3n) is 1.89. The van der Waals surface area contributed by atoms with Gasteiger partial charge in [0.05, 0.1) is 6.61 Å². The van der Waals surface area contributed by atoms with E-state index >= 15 is 0 Å². The highest BCUT2D eigenvalue weighted by atomic mass is 16.5. The maximum atomic E-state index is 11.0. The van der Waals surface area contributed by atoms with Crippen LogP contribution in [0.15, 0.2) is 36.4 Å². The molecule has 0 aliphatic heterocycles. The van der Waals surface area contributed by atoms with Crippen LogP contribution >= 0.6 is 0 Å². The molecule has 0 bridgehead atoms. The molecule has 1 rings (SSSR count). The molecule has 0 aliphatic carbocycles. The third kappa shape index (κ3) is 3.95. The highest BCUT2D eigenvalue weighted by Gasteiger charge is 1.98. The summed E-state index contributed by atoms with van der Waals surface area (Å²) in [7, 11) is 0. The molecule has 0 radical (unpaired) electrons. The molecular formula is C12H14O3. The van der Waals surface area contributed by atoms with E-state index in [1.807, 2.05) is 12.1 Å². The predicted octanol–water partition coefficient (Wildman–Crippen LogP) is 1.80. The molecule has 0 unspecified atom stereocenters. The van der Waals surface area contributed by atoms with E-state index in [0.29, 0.717) is 0 Å². The summed E-state index contributed by atoms with van der Waals surface area (Å²) in [6.07, 6.45) is 3.01. The molecule has 0 amide bonds. The van der Waals surface area contributed by atoms with Gasteiger partial charge >= 0.3 is 5.97 Å². The van der Waals surface area contributed by atoms with E-state index in [2.05, 4.69) is 0 Å². The summed E-state index contributed by atoms with van der Waals surface area (Å²) < 4.78 is 4.95. The van der Waals surface area contributed by atoms with Crippen LogP contribution in [0.5, 0.6) is 0 Å². The van der Waals surface area contributed by atoms with Crippen molar-refractivity contribution in [3.05, 3.63) is 47.5 Å². The molecule has 3 nitrogen and oxygen atoms in total. The first kappa shape index (κ1) is 11.5. The molecule has 0 spiro atoms. The Balaban J connectivity index is 2.47. The van der Waals surface area contributed by atoms with Gasteiger partial charge in [0.15, 0.2) is 0 Å². The third-order valence-corrected chi connectivity index (χ3v) is 1.89. The Kier molecular flexibility index (Phi) is 4.57. The minimum Gasteiger partial charge on any atom is -0.458 e. The lowest BCUT2D eigenvalue weighted by atomic mass is 10.1. The molecule has 0 fully saturated rings. The van der Waals surface area contributed by atoms with E-state index < -0.39 is 0 Å². The topological polar surface area (TPSA) is 46.5 Å². The molecule has 1 aromatic rings. The number of hydrogen-bond acceptors (Lipinski definition) is 3. The van der Waals surface area contributed by atoms with Crippen molar-refractivity contribution in [2.75, 3.05) is 0 Å². The summed E-state index contributed by atoms with van der Waals surface area (Å²) in [5.74, 6) is -0.344. The van der Waals surface area contributed by atoms with Gasteiger partial charge in [-0.05, 0) is 18.1 Å². The van der Waals surface area contributed by atoms with Gasteiger partial charge < -0.3 is 9.84 Å². The first-order valence-electron chi connectivity index (χ1n) is 4.74. The highest BCUT2D eigenvalue weighted by molar-refractivity contribution is 5.81. The van der Waals surface area contributed by atoms with Gasteiger partial charge in [0.2, 0.25) is 0 Å². The van der Waals surface area contributed by atoms with E-state index in [9.17, 15) is 4.79 Å². The van der Waals surface area contributed by atoms with E-state index in [0.717, 1.165) is 11.1 Å². The van der Waals surface area contributed by atoms with Gasteiger partial charge in [-0.1, -0.05) is 30.3 Å². The van der Waals surface area contributed by atoms with Crippen molar-refractivity contribution in [3.63, 3.8) is 0 Å². The number of allylic oxidation sites excluding steroid dienone is 1. The van der Waals surface area contributed by atoms with Crippen molar-refractivity contribution in [3.8, 4) is 0 Å². The monoisotopic (exact) mass is 206 g/mol. The summed E-state index contributed by atoms with van der Waals surface area (Å²) in [6, 6.07) is 7.26. The zero-order valence-corrected chi connectivity index (χ0v) is 8.64. The van der Waals surface area contributed by atoms with Crippen LogP contribution in [0.2, 0.25) is 0 Å². The van der Waals surface area contributed by atoms with Crippen LogP contribution in [0.25, 0.3) is 0 Å². The number of aliphatic hydroxyl groups is 1. The molecule has 0 aromatic heterocycles. The number of carbonyl (C=O) groups excluding carboxylic acids is 1. The second-order valence-electron chi connectivity index (χ2n) is 3.08. The fraction of sp³-hybridized carbons (Fsp3) is 0.250. The average molecular weight is 206 g/mol. The zero-order chi connectivity index (χ0) is 11.1. The molecule has 0 saturated heterocycles. The summed E-state index contributed by atoms with van der Waals surface area (Å²) >= 11 is 0. The second-order valence-corrected chi connectivity index (χ2v) is 3.08. The lowest BCUT2D eigenvalue weighted by Gasteiger charge is -2.02. The largest absolute Gasteiger partial charge is 0.458 e. The Morgan fingerprint density at radius 3 is 2.47 bits per heavy atom. The molecule has 0 saturated carbocycles. The molecule has 1 aromatic carbocycles. The Morgan fingerprint density at radius 2 is 1.93 bits per heavy atom. The fourth-order valence-corrected chi connectivity index (χ4v) is 1.08. The van der Waals surface area contributed by atoms with Crippen molar-refractivity contribution in [1.82, 2.24) is 0 Å². The van der Waals surface area contributed by atoms with Gasteiger partial charge in [-0.15, -0.1) is 0 Å². The quantitative estimate of drug-likeness (QED) is 0.603. The smallest absolute Gasteiger partial charge is 0.330 e. The maximum Gasteiger partial charge on any atom is 0.330 e. The zero-order valence-electron chi connectivity index (χ0n) is 8.64. The summed E-state index contributed by atoms with van der Waals surface area (Å²) in [4.78, 5) is 11.0. The molecule has 0 atom stereocenters. The van der Waals surface area contributed by atoms with E-state index in [-0.39, 0.29) is 19.2 Å². The van der Waals surface area contributed by atoms with Gasteiger partial charge in [-0.25, -0.2) is 4.79 Å². The van der Waals surface area contributed by atoms with Crippen LogP contribution in [0, 0.1) is 0 Å². The molecule has 15 heavy (non-hydrogen) atoms. The Morgan fingerprint density at radius 1 is 1.33 bits per heavy atom. The number of hydrogen-bond donors (Lipinski definition) is 1. The summed E-state index contributed by atoms with van der Waals surface area (Å²) in [5.41, 5.74) is 1.75. The number of aliphatic hydroxyl groups excluding tert-OH is 1. The van der Waals surface area contributed by atoms with Gasteiger partial charge in [0.1, 0.15) is 6.61 Å². The molecule has 0 heterocycles.